The first-order valence-electron chi connectivity index (χ1n) is 17.3. The van der Waals surface area contributed by atoms with Gasteiger partial charge in [-0.3, -0.25) is 4.57 Å². The zero-order valence-electron chi connectivity index (χ0n) is 27.7. The highest BCUT2D eigenvalue weighted by Crippen LogP contribution is 2.45. The molecule has 10 rings (SSSR count). The van der Waals surface area contributed by atoms with Crippen LogP contribution in [0.3, 0.4) is 0 Å². The Morgan fingerprint density at radius 3 is 1.75 bits per heavy atom. The summed E-state index contributed by atoms with van der Waals surface area (Å²) in [6.45, 7) is 0. The van der Waals surface area contributed by atoms with Gasteiger partial charge >= 0.3 is 0 Å². The van der Waals surface area contributed by atoms with Gasteiger partial charge in [-0.25, -0.2) is 9.97 Å². The van der Waals surface area contributed by atoms with E-state index in [1.165, 1.54) is 54.6 Å². The number of fused-ring (bicyclic) bond motifs is 4. The Hall–Kier alpha value is -6.84. The number of imidazole rings is 1. The van der Waals surface area contributed by atoms with Crippen molar-refractivity contribution < 1.29 is 0 Å². The second kappa shape index (κ2) is 11.9. The molecular weight excluding hydrogens is 619 g/mol. The van der Waals surface area contributed by atoms with Gasteiger partial charge in [0, 0.05) is 17.3 Å². The molecule has 0 fully saturated rings. The average molecular weight is 650 g/mol. The lowest BCUT2D eigenvalue weighted by molar-refractivity contribution is 1.03. The van der Waals surface area contributed by atoms with E-state index in [4.69, 9.17) is 9.97 Å². The van der Waals surface area contributed by atoms with Crippen LogP contribution in [0.25, 0.3) is 93.9 Å². The Morgan fingerprint density at radius 2 is 0.980 bits per heavy atom. The molecule has 0 aliphatic carbocycles. The highest BCUT2D eigenvalue weighted by atomic mass is 15.1. The number of nitrogens with zero attached hydrogens (tertiary/aromatic N) is 3. The molecule has 0 radical (unpaired) electrons. The molecule has 51 heavy (non-hydrogen) atoms. The van der Waals surface area contributed by atoms with Crippen LogP contribution in [0.2, 0.25) is 0 Å². The molecule has 3 heteroatoms. The van der Waals surface area contributed by atoms with Gasteiger partial charge in [-0.15, -0.1) is 0 Å². The lowest BCUT2D eigenvalue weighted by Gasteiger charge is -2.19. The topological polar surface area (TPSA) is 30.7 Å². The van der Waals surface area contributed by atoms with Gasteiger partial charge in [-0.1, -0.05) is 146 Å². The predicted octanol–water partition coefficient (Wildman–Crippen LogP) is 12.5. The van der Waals surface area contributed by atoms with Gasteiger partial charge in [0.2, 0.25) is 0 Å². The maximum absolute atomic E-state index is 5.06. The van der Waals surface area contributed by atoms with Crippen LogP contribution in [-0.4, -0.2) is 14.5 Å². The van der Waals surface area contributed by atoms with Gasteiger partial charge in [0.15, 0.2) is 0 Å². The van der Waals surface area contributed by atoms with Crippen molar-refractivity contribution in [3.05, 3.63) is 188 Å². The van der Waals surface area contributed by atoms with Crippen LogP contribution in [-0.2, 0) is 0 Å². The summed E-state index contributed by atoms with van der Waals surface area (Å²) in [4.78, 5) is 10.1. The summed E-state index contributed by atoms with van der Waals surface area (Å²) in [7, 11) is 0. The highest BCUT2D eigenvalue weighted by molar-refractivity contribution is 6.22. The number of benzene rings is 8. The summed E-state index contributed by atoms with van der Waals surface area (Å²) in [5, 5.41) is 7.42. The van der Waals surface area contributed by atoms with Crippen LogP contribution >= 0.6 is 0 Å². The van der Waals surface area contributed by atoms with Gasteiger partial charge in [-0.05, 0) is 96.5 Å². The molecule has 238 valence electrons. The molecule has 0 saturated heterocycles. The molecule has 0 amide bonds. The van der Waals surface area contributed by atoms with E-state index < -0.39 is 0 Å². The number of hydrogen-bond acceptors (Lipinski definition) is 2. The van der Waals surface area contributed by atoms with Gasteiger partial charge in [-0.2, -0.15) is 0 Å². The fourth-order valence-electron chi connectivity index (χ4n) is 7.66. The minimum atomic E-state index is 0.835. The molecule has 0 unspecified atom stereocenters. The van der Waals surface area contributed by atoms with Crippen LogP contribution in [0.1, 0.15) is 0 Å². The molecule has 2 heterocycles. The summed E-state index contributed by atoms with van der Waals surface area (Å²) in [5.74, 6) is 1.71. The van der Waals surface area contributed by atoms with E-state index in [1.807, 2.05) is 30.5 Å². The van der Waals surface area contributed by atoms with Gasteiger partial charge in [0.1, 0.15) is 11.6 Å². The second-order valence-electron chi connectivity index (χ2n) is 13.0. The van der Waals surface area contributed by atoms with Gasteiger partial charge in [0.25, 0.3) is 0 Å². The maximum atomic E-state index is 5.06. The molecule has 2 aromatic heterocycles. The Labute approximate surface area is 295 Å². The Balaban J connectivity index is 1.17. The average Bonchev–Trinajstić information content (AvgIpc) is 3.60. The molecule has 8 aromatic carbocycles. The molecule has 0 atom stereocenters. The van der Waals surface area contributed by atoms with Crippen molar-refractivity contribution in [1.82, 2.24) is 14.5 Å². The molecule has 10 aromatic rings. The van der Waals surface area contributed by atoms with Crippen molar-refractivity contribution in [3.8, 4) is 50.6 Å². The monoisotopic (exact) mass is 649 g/mol. The fourth-order valence-corrected chi connectivity index (χ4v) is 7.66. The van der Waals surface area contributed by atoms with Crippen LogP contribution in [0.5, 0.6) is 0 Å². The van der Waals surface area contributed by atoms with Crippen molar-refractivity contribution in [1.29, 1.82) is 0 Å². The molecule has 0 N–H and O–H groups in total. The van der Waals surface area contributed by atoms with Crippen LogP contribution in [0, 0.1) is 0 Å². The number of hydrogen-bond donors (Lipinski definition) is 0. The molecule has 3 nitrogen and oxygen atoms in total. The number of aromatic nitrogens is 3. The summed E-state index contributed by atoms with van der Waals surface area (Å²) in [6.07, 6.45) is 1.99. The third kappa shape index (κ3) is 4.90. The summed E-state index contributed by atoms with van der Waals surface area (Å²) < 4.78 is 2.16. The lowest BCUT2D eigenvalue weighted by Crippen LogP contribution is -2.00. The molecule has 0 aliphatic rings. The molecule has 0 spiro atoms. The Morgan fingerprint density at radius 1 is 0.373 bits per heavy atom. The molecular formula is C48H31N3. The zero-order chi connectivity index (χ0) is 33.7. The lowest BCUT2D eigenvalue weighted by atomic mass is 9.84. The molecule has 0 saturated carbocycles. The van der Waals surface area contributed by atoms with E-state index >= 15 is 0 Å². The smallest absolute Gasteiger partial charge is 0.146 e. The first-order chi connectivity index (χ1) is 25.3. The van der Waals surface area contributed by atoms with E-state index in [1.54, 1.807) is 0 Å². The summed E-state index contributed by atoms with van der Waals surface area (Å²) >= 11 is 0. The van der Waals surface area contributed by atoms with Crippen LogP contribution < -0.4 is 0 Å². The third-order valence-corrected chi connectivity index (χ3v) is 10.0. The minimum absolute atomic E-state index is 0.835. The quantitative estimate of drug-likeness (QED) is 0.174. The van der Waals surface area contributed by atoms with Crippen molar-refractivity contribution in [2.24, 2.45) is 0 Å². The first-order valence-corrected chi connectivity index (χ1v) is 17.3. The van der Waals surface area contributed by atoms with Crippen molar-refractivity contribution in [3.63, 3.8) is 0 Å². The van der Waals surface area contributed by atoms with Crippen molar-refractivity contribution in [2.45, 2.75) is 0 Å². The molecule has 0 aliphatic heterocycles. The largest absolute Gasteiger partial charge is 0.276 e. The second-order valence-corrected chi connectivity index (χ2v) is 13.0. The van der Waals surface area contributed by atoms with E-state index in [9.17, 15) is 0 Å². The maximum Gasteiger partial charge on any atom is 0.146 e. The van der Waals surface area contributed by atoms with Crippen molar-refractivity contribution in [2.75, 3.05) is 0 Å². The fraction of sp³-hybridized carbons (Fsp3) is 0. The van der Waals surface area contributed by atoms with Gasteiger partial charge in [0.05, 0.1) is 11.0 Å². The standard InChI is InChI=1S/C48H31N3/c1-3-14-33(15-4-1)46-39-19-9-10-20-40(39)47(37-24-23-32-13-7-8-18-35(32)29-37)41-27-25-36(30-42(41)46)38-26-28-45(49-31-38)51-44-22-12-11-21-43(44)50-48(51)34-16-5-2-6-17-34/h1-31H. The van der Waals surface area contributed by atoms with E-state index in [2.05, 4.69) is 162 Å². The van der Waals surface area contributed by atoms with Gasteiger partial charge < -0.3 is 0 Å². The minimum Gasteiger partial charge on any atom is -0.276 e. The first kappa shape index (κ1) is 29.1. The number of rotatable bonds is 5. The van der Waals surface area contributed by atoms with Crippen molar-refractivity contribution >= 4 is 43.4 Å². The molecule has 0 bridgehead atoms. The van der Waals surface area contributed by atoms with E-state index in [0.29, 0.717) is 0 Å². The van der Waals surface area contributed by atoms with Crippen LogP contribution in [0.15, 0.2) is 188 Å². The Kier molecular flexibility index (Phi) is 6.81. The predicted molar refractivity (Wildman–Crippen MR) is 213 cm³/mol. The zero-order valence-corrected chi connectivity index (χ0v) is 27.7. The van der Waals surface area contributed by atoms with Crippen LogP contribution in [0.4, 0.5) is 0 Å². The Bertz CT molecular complexity index is 2890. The van der Waals surface area contributed by atoms with E-state index in [0.717, 1.165) is 39.4 Å². The normalized spacial score (nSPS) is 11.5. The summed E-state index contributed by atoms with van der Waals surface area (Å²) in [6, 6.07) is 64.8. The highest BCUT2D eigenvalue weighted by Gasteiger charge is 2.19. The number of para-hydroxylation sites is 2. The number of pyridine rings is 1. The van der Waals surface area contributed by atoms with E-state index in [-0.39, 0.29) is 0 Å². The third-order valence-electron chi connectivity index (χ3n) is 10.0. The summed E-state index contributed by atoms with van der Waals surface area (Å²) in [5.41, 5.74) is 10.1. The SMILES string of the molecule is c1ccc(-c2c3ccccc3c(-c3ccc4ccccc4c3)c3ccc(-c4ccc(-n5c(-c6ccccc6)nc6ccccc65)nc4)cc23)cc1.